The second kappa shape index (κ2) is 10.8. The summed E-state index contributed by atoms with van der Waals surface area (Å²) in [5, 5.41) is 16.1. The Morgan fingerprint density at radius 2 is 2.03 bits per heavy atom. The van der Waals surface area contributed by atoms with Crippen LogP contribution in [0.15, 0.2) is 42.7 Å². The zero-order chi connectivity index (χ0) is 25.6. The Morgan fingerprint density at radius 1 is 1.31 bits per heavy atom. The van der Waals surface area contributed by atoms with Gasteiger partial charge in [0, 0.05) is 31.0 Å². The molecule has 0 saturated carbocycles. The molecule has 1 spiro atoms. The molecule has 8 nitrogen and oxygen atoms in total. The van der Waals surface area contributed by atoms with E-state index in [9.17, 15) is 18.0 Å². The number of rotatable bonds is 4. The van der Waals surface area contributed by atoms with Crippen LogP contribution in [0.5, 0.6) is 0 Å². The minimum Gasteiger partial charge on any atom is -0.475 e. The number of likely N-dealkylation sites (tertiary alicyclic amines) is 1. The van der Waals surface area contributed by atoms with Gasteiger partial charge >= 0.3 is 12.1 Å². The Bertz CT molecular complexity index is 1110. The van der Waals surface area contributed by atoms with Crippen molar-refractivity contribution in [2.75, 3.05) is 19.7 Å². The van der Waals surface area contributed by atoms with Gasteiger partial charge in [0.15, 0.2) is 0 Å². The van der Waals surface area contributed by atoms with E-state index < -0.39 is 12.1 Å². The highest BCUT2D eigenvalue weighted by Crippen LogP contribution is 2.36. The average molecular weight is 491 g/mol. The third-order valence-corrected chi connectivity index (χ3v) is 5.59. The fraction of sp³-hybridized carbons (Fsp3) is 0.417. The van der Waals surface area contributed by atoms with Gasteiger partial charge in [-0.3, -0.25) is 9.78 Å². The number of alkyl halides is 3. The molecular formula is C24H24F3N3O5. The fourth-order valence-corrected chi connectivity index (χ4v) is 3.95. The Balaban J connectivity index is 0.000000429. The third kappa shape index (κ3) is 7.00. The second-order valence-electron chi connectivity index (χ2n) is 8.48. The molecule has 0 radical (unpaired) electrons. The summed E-state index contributed by atoms with van der Waals surface area (Å²) in [6.07, 6.45) is 0.349. The van der Waals surface area contributed by atoms with E-state index in [1.54, 1.807) is 29.2 Å². The minimum atomic E-state index is -5.08. The molecule has 4 rings (SSSR count). The van der Waals surface area contributed by atoms with Crippen molar-refractivity contribution in [1.82, 2.24) is 9.88 Å². The smallest absolute Gasteiger partial charge is 0.475 e. The van der Waals surface area contributed by atoms with Crippen molar-refractivity contribution in [2.45, 2.75) is 44.3 Å². The number of benzene rings is 1. The molecule has 1 aromatic carbocycles. The van der Waals surface area contributed by atoms with Crippen LogP contribution in [0.25, 0.3) is 0 Å². The summed E-state index contributed by atoms with van der Waals surface area (Å²) >= 11 is 0. The molecule has 0 bridgehead atoms. The number of carbonyl (C=O) groups excluding carboxylic acids is 1. The number of nitrogens with zero attached hydrogens (tertiary/aromatic N) is 3. The van der Waals surface area contributed by atoms with Gasteiger partial charge in [0.2, 0.25) is 0 Å². The number of amides is 1. The van der Waals surface area contributed by atoms with Gasteiger partial charge in [0.25, 0.3) is 5.91 Å². The maximum Gasteiger partial charge on any atom is 0.490 e. The Labute approximate surface area is 199 Å². The first-order chi connectivity index (χ1) is 16.5. The first kappa shape index (κ1) is 26.1. The van der Waals surface area contributed by atoms with Gasteiger partial charge in [-0.05, 0) is 42.7 Å². The van der Waals surface area contributed by atoms with E-state index in [0.29, 0.717) is 37.4 Å². The predicted molar refractivity (Wildman–Crippen MR) is 116 cm³/mol. The number of aromatic nitrogens is 1. The summed E-state index contributed by atoms with van der Waals surface area (Å²) in [5.74, 6) is -2.81. The highest BCUT2D eigenvalue weighted by atomic mass is 19.4. The number of nitriles is 1. The van der Waals surface area contributed by atoms with Gasteiger partial charge in [-0.25, -0.2) is 4.79 Å². The van der Waals surface area contributed by atoms with Crippen LogP contribution in [0, 0.1) is 18.3 Å². The Kier molecular flexibility index (Phi) is 8.09. The number of hydrogen-bond donors (Lipinski definition) is 1. The van der Waals surface area contributed by atoms with Crippen molar-refractivity contribution < 1.29 is 37.3 Å². The first-order valence-electron chi connectivity index (χ1n) is 10.8. The van der Waals surface area contributed by atoms with Gasteiger partial charge < -0.3 is 19.5 Å². The van der Waals surface area contributed by atoms with Gasteiger partial charge in [-0.2, -0.15) is 18.4 Å². The lowest BCUT2D eigenvalue weighted by molar-refractivity contribution is -0.192. The number of aryl methyl sites for hydroxylation is 1. The quantitative estimate of drug-likeness (QED) is 0.697. The third-order valence-electron chi connectivity index (χ3n) is 5.59. The summed E-state index contributed by atoms with van der Waals surface area (Å²) in [5.41, 5.74) is 2.93. The van der Waals surface area contributed by atoms with Crippen LogP contribution in [0.4, 0.5) is 13.2 Å². The summed E-state index contributed by atoms with van der Waals surface area (Å²) < 4.78 is 43.9. The molecule has 2 fully saturated rings. The molecule has 186 valence electrons. The van der Waals surface area contributed by atoms with E-state index in [1.807, 2.05) is 19.3 Å². The number of carboxylic acid groups (broad SMARTS) is 1. The van der Waals surface area contributed by atoms with Gasteiger partial charge in [-0.15, -0.1) is 0 Å². The van der Waals surface area contributed by atoms with E-state index in [1.165, 1.54) is 0 Å². The highest BCUT2D eigenvalue weighted by Gasteiger charge is 2.49. The molecule has 1 aromatic heterocycles. The normalized spacial score (nSPS) is 18.6. The lowest BCUT2D eigenvalue weighted by Crippen LogP contribution is -2.67. The molecule has 1 N–H and O–H groups in total. The summed E-state index contributed by atoms with van der Waals surface area (Å²) in [7, 11) is 0. The first-order valence-corrected chi connectivity index (χ1v) is 10.8. The van der Waals surface area contributed by atoms with Gasteiger partial charge in [-0.1, -0.05) is 12.1 Å². The van der Waals surface area contributed by atoms with Crippen molar-refractivity contribution in [3.63, 3.8) is 0 Å². The zero-order valence-corrected chi connectivity index (χ0v) is 18.9. The summed E-state index contributed by atoms with van der Waals surface area (Å²) in [4.78, 5) is 27.6. The van der Waals surface area contributed by atoms with Crippen LogP contribution in [-0.2, 0) is 20.9 Å². The van der Waals surface area contributed by atoms with Crippen molar-refractivity contribution in [3.05, 3.63) is 65.0 Å². The van der Waals surface area contributed by atoms with Gasteiger partial charge in [0.05, 0.1) is 37.4 Å². The molecule has 1 unspecified atom stereocenters. The fourth-order valence-electron chi connectivity index (χ4n) is 3.95. The van der Waals surface area contributed by atoms with Crippen molar-refractivity contribution in [2.24, 2.45) is 0 Å². The van der Waals surface area contributed by atoms with E-state index in [4.69, 9.17) is 24.6 Å². The maximum atomic E-state index is 12.7. The zero-order valence-electron chi connectivity index (χ0n) is 18.9. The molecule has 35 heavy (non-hydrogen) atoms. The van der Waals surface area contributed by atoms with E-state index in [2.05, 4.69) is 17.1 Å². The highest BCUT2D eigenvalue weighted by molar-refractivity contribution is 5.95. The standard InChI is InChI=1S/C22H23N3O3.C2HF3O2/c1-16-7-18(12-24-11-16)13-27-20-5-6-28-22(9-20)14-25(15-22)21(26)19-4-2-3-17(8-19)10-23;3-2(4,5)1(6)7/h2-4,7-8,11-12,20H,5-6,9,13-15H2,1H3;(H,6,7). The largest absolute Gasteiger partial charge is 0.490 e. The number of aliphatic carboxylic acids is 1. The van der Waals surface area contributed by atoms with Crippen molar-refractivity contribution >= 4 is 11.9 Å². The van der Waals surface area contributed by atoms with Crippen LogP contribution in [0.1, 0.15) is 39.9 Å². The Morgan fingerprint density at radius 3 is 2.66 bits per heavy atom. The van der Waals surface area contributed by atoms with Crippen molar-refractivity contribution in [1.29, 1.82) is 5.26 Å². The van der Waals surface area contributed by atoms with Gasteiger partial charge in [0.1, 0.15) is 5.60 Å². The van der Waals surface area contributed by atoms with Crippen LogP contribution < -0.4 is 0 Å². The topological polar surface area (TPSA) is 113 Å². The molecular weight excluding hydrogens is 467 g/mol. The van der Waals surface area contributed by atoms with E-state index >= 15 is 0 Å². The van der Waals surface area contributed by atoms with Crippen molar-refractivity contribution in [3.8, 4) is 6.07 Å². The van der Waals surface area contributed by atoms with Crippen LogP contribution in [-0.4, -0.2) is 64.4 Å². The maximum absolute atomic E-state index is 12.7. The average Bonchev–Trinajstić information content (AvgIpc) is 2.81. The number of pyridine rings is 1. The molecule has 2 aromatic rings. The molecule has 1 amide bonds. The lowest BCUT2D eigenvalue weighted by Gasteiger charge is -2.53. The van der Waals surface area contributed by atoms with Crippen LogP contribution in [0.3, 0.4) is 0 Å². The summed E-state index contributed by atoms with van der Waals surface area (Å²) in [6.45, 7) is 4.33. The minimum absolute atomic E-state index is 0.0554. The molecule has 2 aliphatic rings. The second-order valence-corrected chi connectivity index (χ2v) is 8.48. The Hall–Kier alpha value is -3.49. The monoisotopic (exact) mass is 491 g/mol. The van der Waals surface area contributed by atoms with E-state index in [0.717, 1.165) is 24.0 Å². The number of ether oxygens (including phenoxy) is 2. The molecule has 0 aliphatic carbocycles. The molecule has 2 aliphatic heterocycles. The lowest BCUT2D eigenvalue weighted by atomic mass is 9.84. The molecule has 11 heteroatoms. The molecule has 1 atom stereocenters. The SMILES string of the molecule is Cc1cncc(COC2CCOC3(C2)CN(C(=O)c2cccc(C#N)c2)C3)c1.O=C(O)C(F)(F)F. The van der Waals surface area contributed by atoms with Crippen LogP contribution >= 0.6 is 0 Å². The predicted octanol–water partition coefficient (Wildman–Crippen LogP) is 3.49. The number of carbonyl (C=O) groups is 2. The number of halogens is 3. The molecule has 3 heterocycles. The number of hydrogen-bond acceptors (Lipinski definition) is 6. The number of carboxylic acids is 1. The van der Waals surface area contributed by atoms with Crippen LogP contribution in [0.2, 0.25) is 0 Å². The summed E-state index contributed by atoms with van der Waals surface area (Å²) in [6, 6.07) is 11.0. The molecule has 2 saturated heterocycles. The van der Waals surface area contributed by atoms with E-state index in [-0.39, 0.29) is 17.6 Å².